The van der Waals surface area contributed by atoms with Gasteiger partial charge in [-0.2, -0.15) is 0 Å². The van der Waals surface area contributed by atoms with Crippen LogP contribution in [0.1, 0.15) is 25.7 Å². The first kappa shape index (κ1) is 13.6. The van der Waals surface area contributed by atoms with Crippen LogP contribution in [0, 0.1) is 11.8 Å². The summed E-state index contributed by atoms with van der Waals surface area (Å²) in [5.41, 5.74) is 0. The molecule has 1 saturated carbocycles. The number of amides is 1. The average molecular weight is 295 g/mol. The Labute approximate surface area is 123 Å². The van der Waals surface area contributed by atoms with Gasteiger partial charge in [0.1, 0.15) is 0 Å². The van der Waals surface area contributed by atoms with Gasteiger partial charge in [0.05, 0.1) is 17.4 Å². The standard InChI is InChI=1S/C14H19ClN4O/c15-12-7-17-14(18-8-12)19-5-1-2-10(9-19)6-16-13(20)11-3-4-11/h7-8,10-11H,1-6,9H2,(H,16,20). The van der Waals surface area contributed by atoms with Gasteiger partial charge in [-0.3, -0.25) is 4.79 Å². The van der Waals surface area contributed by atoms with Crippen LogP contribution in [0.25, 0.3) is 0 Å². The van der Waals surface area contributed by atoms with Gasteiger partial charge < -0.3 is 10.2 Å². The quantitative estimate of drug-likeness (QED) is 0.921. The molecule has 1 aliphatic heterocycles. The number of carbonyl (C=O) groups excluding carboxylic acids is 1. The zero-order valence-electron chi connectivity index (χ0n) is 11.4. The van der Waals surface area contributed by atoms with Crippen molar-refractivity contribution in [3.63, 3.8) is 0 Å². The maximum Gasteiger partial charge on any atom is 0.225 e. The Kier molecular flexibility index (Phi) is 4.05. The number of piperidine rings is 1. The van der Waals surface area contributed by atoms with E-state index < -0.39 is 0 Å². The van der Waals surface area contributed by atoms with Crippen molar-refractivity contribution >= 4 is 23.5 Å². The molecule has 0 bridgehead atoms. The predicted octanol–water partition coefficient (Wildman–Crippen LogP) is 1.87. The minimum atomic E-state index is 0.227. The van der Waals surface area contributed by atoms with Gasteiger partial charge in [-0.25, -0.2) is 9.97 Å². The van der Waals surface area contributed by atoms with Gasteiger partial charge in [0.15, 0.2) is 0 Å². The van der Waals surface area contributed by atoms with Crippen LogP contribution in [0.3, 0.4) is 0 Å². The van der Waals surface area contributed by atoms with Crippen molar-refractivity contribution in [3.8, 4) is 0 Å². The molecule has 1 aromatic rings. The van der Waals surface area contributed by atoms with E-state index in [0.717, 1.165) is 51.3 Å². The predicted molar refractivity (Wildman–Crippen MR) is 77.7 cm³/mol. The number of hydrogen-bond donors (Lipinski definition) is 1. The summed E-state index contributed by atoms with van der Waals surface area (Å²) in [6, 6.07) is 0. The second kappa shape index (κ2) is 5.95. The van der Waals surface area contributed by atoms with Crippen LogP contribution in [0.4, 0.5) is 5.95 Å². The fourth-order valence-corrected chi connectivity index (χ4v) is 2.71. The van der Waals surface area contributed by atoms with E-state index in [1.807, 2.05) is 0 Å². The SMILES string of the molecule is O=C(NCC1CCCN(c2ncc(Cl)cn2)C1)C1CC1. The summed E-state index contributed by atoms with van der Waals surface area (Å²) in [4.78, 5) is 22.4. The molecule has 0 radical (unpaired) electrons. The second-order valence-electron chi connectivity index (χ2n) is 5.67. The molecule has 0 aromatic carbocycles. The molecule has 2 aliphatic rings. The lowest BCUT2D eigenvalue weighted by molar-refractivity contribution is -0.122. The van der Waals surface area contributed by atoms with E-state index in [0.29, 0.717) is 10.9 Å². The highest BCUT2D eigenvalue weighted by Gasteiger charge is 2.30. The Morgan fingerprint density at radius 3 is 2.80 bits per heavy atom. The van der Waals surface area contributed by atoms with Crippen LogP contribution in [-0.4, -0.2) is 35.5 Å². The molecule has 1 aromatic heterocycles. The van der Waals surface area contributed by atoms with Gasteiger partial charge in [-0.15, -0.1) is 0 Å². The number of rotatable bonds is 4. The van der Waals surface area contributed by atoms with Crippen molar-refractivity contribution in [3.05, 3.63) is 17.4 Å². The molecular formula is C14H19ClN4O. The van der Waals surface area contributed by atoms with E-state index in [-0.39, 0.29) is 11.8 Å². The third-order valence-electron chi connectivity index (χ3n) is 3.92. The van der Waals surface area contributed by atoms with Crippen molar-refractivity contribution in [1.82, 2.24) is 15.3 Å². The van der Waals surface area contributed by atoms with E-state index in [1.165, 1.54) is 0 Å². The van der Waals surface area contributed by atoms with Gasteiger partial charge in [0, 0.05) is 25.6 Å². The first-order valence-corrected chi connectivity index (χ1v) is 7.60. The van der Waals surface area contributed by atoms with Crippen LogP contribution < -0.4 is 10.2 Å². The van der Waals surface area contributed by atoms with E-state index in [1.54, 1.807) is 12.4 Å². The smallest absolute Gasteiger partial charge is 0.225 e. The fourth-order valence-electron chi connectivity index (χ4n) is 2.62. The highest BCUT2D eigenvalue weighted by atomic mass is 35.5. The summed E-state index contributed by atoms with van der Waals surface area (Å²) in [5.74, 6) is 1.72. The summed E-state index contributed by atoms with van der Waals surface area (Å²) >= 11 is 5.81. The first-order valence-electron chi connectivity index (χ1n) is 7.22. The molecule has 1 atom stereocenters. The van der Waals surface area contributed by atoms with Crippen molar-refractivity contribution in [2.24, 2.45) is 11.8 Å². The summed E-state index contributed by atoms with van der Waals surface area (Å²) < 4.78 is 0. The van der Waals surface area contributed by atoms with Crippen molar-refractivity contribution in [2.75, 3.05) is 24.5 Å². The molecule has 108 valence electrons. The molecule has 5 nitrogen and oxygen atoms in total. The highest BCUT2D eigenvalue weighted by molar-refractivity contribution is 6.30. The van der Waals surface area contributed by atoms with Gasteiger partial charge in [0.25, 0.3) is 0 Å². The molecule has 1 amide bonds. The largest absolute Gasteiger partial charge is 0.356 e. The zero-order chi connectivity index (χ0) is 13.9. The van der Waals surface area contributed by atoms with Crippen LogP contribution in [0.2, 0.25) is 5.02 Å². The van der Waals surface area contributed by atoms with E-state index >= 15 is 0 Å². The number of aromatic nitrogens is 2. The summed E-state index contributed by atoms with van der Waals surface area (Å²) in [6.45, 7) is 2.63. The highest BCUT2D eigenvalue weighted by Crippen LogP contribution is 2.29. The number of nitrogens with one attached hydrogen (secondary N) is 1. The van der Waals surface area contributed by atoms with Gasteiger partial charge in [-0.05, 0) is 31.6 Å². The number of nitrogens with zero attached hydrogens (tertiary/aromatic N) is 3. The van der Waals surface area contributed by atoms with Gasteiger partial charge in [0.2, 0.25) is 11.9 Å². The average Bonchev–Trinajstić information content (AvgIpc) is 3.30. The fraction of sp³-hybridized carbons (Fsp3) is 0.643. The minimum Gasteiger partial charge on any atom is -0.356 e. The topological polar surface area (TPSA) is 58.1 Å². The lowest BCUT2D eigenvalue weighted by atomic mass is 9.98. The summed E-state index contributed by atoms with van der Waals surface area (Å²) in [6.07, 6.45) is 7.62. The number of hydrogen-bond acceptors (Lipinski definition) is 4. The number of halogens is 1. The van der Waals surface area contributed by atoms with Crippen molar-refractivity contribution < 1.29 is 4.79 Å². The Morgan fingerprint density at radius 2 is 2.10 bits per heavy atom. The number of carbonyl (C=O) groups is 1. The van der Waals surface area contributed by atoms with Crippen LogP contribution in [0.15, 0.2) is 12.4 Å². The molecule has 1 N–H and O–H groups in total. The van der Waals surface area contributed by atoms with Crippen molar-refractivity contribution in [1.29, 1.82) is 0 Å². The summed E-state index contributed by atoms with van der Waals surface area (Å²) in [5, 5.41) is 3.62. The monoisotopic (exact) mass is 294 g/mol. The van der Waals surface area contributed by atoms with Gasteiger partial charge in [-0.1, -0.05) is 11.6 Å². The van der Waals surface area contributed by atoms with Crippen LogP contribution in [-0.2, 0) is 4.79 Å². The molecule has 6 heteroatoms. The Bertz CT molecular complexity index is 475. The molecule has 1 unspecified atom stereocenters. The third kappa shape index (κ3) is 3.39. The Morgan fingerprint density at radius 1 is 1.35 bits per heavy atom. The zero-order valence-corrected chi connectivity index (χ0v) is 12.1. The Hall–Kier alpha value is -1.36. The molecule has 20 heavy (non-hydrogen) atoms. The van der Waals surface area contributed by atoms with Crippen LogP contribution in [0.5, 0.6) is 0 Å². The maximum atomic E-state index is 11.7. The lowest BCUT2D eigenvalue weighted by Gasteiger charge is -2.32. The molecule has 2 heterocycles. The molecule has 1 saturated heterocycles. The molecule has 1 aliphatic carbocycles. The van der Waals surface area contributed by atoms with Crippen molar-refractivity contribution in [2.45, 2.75) is 25.7 Å². The molecule has 2 fully saturated rings. The van der Waals surface area contributed by atoms with E-state index in [4.69, 9.17) is 11.6 Å². The maximum absolute atomic E-state index is 11.7. The normalized spacial score (nSPS) is 22.6. The minimum absolute atomic E-state index is 0.227. The third-order valence-corrected chi connectivity index (χ3v) is 4.12. The molecule has 3 rings (SSSR count). The summed E-state index contributed by atoms with van der Waals surface area (Å²) in [7, 11) is 0. The van der Waals surface area contributed by atoms with E-state index in [2.05, 4.69) is 20.2 Å². The van der Waals surface area contributed by atoms with Gasteiger partial charge >= 0.3 is 0 Å². The first-order chi connectivity index (χ1) is 9.72. The lowest BCUT2D eigenvalue weighted by Crippen LogP contribution is -2.41. The Balaban J connectivity index is 1.53. The van der Waals surface area contributed by atoms with E-state index in [9.17, 15) is 4.79 Å². The molecular weight excluding hydrogens is 276 g/mol. The molecule has 0 spiro atoms. The number of anilines is 1. The second-order valence-corrected chi connectivity index (χ2v) is 6.11. The van der Waals surface area contributed by atoms with Crippen LogP contribution >= 0.6 is 11.6 Å².